The Balaban J connectivity index is 1.49. The van der Waals surface area contributed by atoms with Gasteiger partial charge < -0.3 is 19.5 Å². The highest BCUT2D eigenvalue weighted by Crippen LogP contribution is 2.34. The Labute approximate surface area is 137 Å². The third-order valence-corrected chi connectivity index (χ3v) is 3.32. The Kier molecular flexibility index (Phi) is 4.46. The van der Waals surface area contributed by atoms with Gasteiger partial charge in [0.25, 0.3) is 11.6 Å². The molecular formula is C16H14N2O6. The van der Waals surface area contributed by atoms with E-state index in [4.69, 9.17) is 14.2 Å². The summed E-state index contributed by atoms with van der Waals surface area (Å²) in [4.78, 5) is 22.1. The molecular weight excluding hydrogens is 316 g/mol. The minimum absolute atomic E-state index is 0.126. The highest BCUT2D eigenvalue weighted by molar-refractivity contribution is 5.94. The molecule has 0 saturated carbocycles. The van der Waals surface area contributed by atoms with Gasteiger partial charge in [-0.25, -0.2) is 0 Å². The Morgan fingerprint density at radius 3 is 2.88 bits per heavy atom. The Morgan fingerprint density at radius 1 is 1.21 bits per heavy atom. The number of carbonyl (C=O) groups is 1. The Bertz CT molecular complexity index is 777. The topological polar surface area (TPSA) is 99.9 Å². The van der Waals surface area contributed by atoms with Gasteiger partial charge in [-0.2, -0.15) is 0 Å². The first kappa shape index (κ1) is 15.6. The molecule has 124 valence electrons. The van der Waals surface area contributed by atoms with Crippen molar-refractivity contribution < 1.29 is 23.9 Å². The largest absolute Gasteiger partial charge is 0.492 e. The van der Waals surface area contributed by atoms with Crippen LogP contribution in [0.3, 0.4) is 0 Å². The first-order valence-electron chi connectivity index (χ1n) is 7.18. The van der Waals surface area contributed by atoms with Crippen LogP contribution in [0.1, 0.15) is 10.4 Å². The van der Waals surface area contributed by atoms with Gasteiger partial charge in [-0.3, -0.25) is 14.9 Å². The van der Waals surface area contributed by atoms with Crippen molar-refractivity contribution in [3.05, 3.63) is 58.1 Å². The molecule has 0 atom stereocenters. The molecule has 2 aromatic rings. The molecule has 0 aromatic heterocycles. The molecule has 3 rings (SSSR count). The van der Waals surface area contributed by atoms with Crippen LogP contribution in [0.5, 0.6) is 17.2 Å². The maximum atomic E-state index is 12.0. The molecule has 8 nitrogen and oxygen atoms in total. The number of nitro groups is 1. The van der Waals surface area contributed by atoms with E-state index in [9.17, 15) is 14.9 Å². The van der Waals surface area contributed by atoms with Crippen molar-refractivity contribution in [3.8, 4) is 17.2 Å². The van der Waals surface area contributed by atoms with E-state index in [1.807, 2.05) is 0 Å². The molecule has 1 aliphatic rings. The number of nitrogens with one attached hydrogen (secondary N) is 1. The highest BCUT2D eigenvalue weighted by Gasteiger charge is 2.14. The number of hydrogen-bond donors (Lipinski definition) is 1. The second kappa shape index (κ2) is 6.86. The molecule has 0 saturated heterocycles. The molecule has 0 bridgehead atoms. The van der Waals surface area contributed by atoms with Crippen LogP contribution in [0.25, 0.3) is 0 Å². The maximum Gasteiger partial charge on any atom is 0.270 e. The second-order valence-corrected chi connectivity index (χ2v) is 4.93. The molecule has 1 aliphatic heterocycles. The SMILES string of the molecule is O=C(NCCOc1ccc2c(c1)OCO2)c1cccc([N+](=O)[O-])c1. The zero-order valence-corrected chi connectivity index (χ0v) is 12.6. The lowest BCUT2D eigenvalue weighted by Gasteiger charge is -2.08. The molecule has 2 aromatic carbocycles. The summed E-state index contributed by atoms with van der Waals surface area (Å²) < 4.78 is 16.0. The van der Waals surface area contributed by atoms with Crippen LogP contribution in [0.4, 0.5) is 5.69 Å². The Hall–Kier alpha value is -3.29. The highest BCUT2D eigenvalue weighted by atomic mass is 16.7. The fourth-order valence-corrected chi connectivity index (χ4v) is 2.16. The van der Waals surface area contributed by atoms with Gasteiger partial charge in [-0.1, -0.05) is 6.07 Å². The molecule has 1 amide bonds. The monoisotopic (exact) mass is 330 g/mol. The summed E-state index contributed by atoms with van der Waals surface area (Å²) in [5.41, 5.74) is 0.103. The van der Waals surface area contributed by atoms with Crippen molar-refractivity contribution in [1.29, 1.82) is 0 Å². The first-order valence-corrected chi connectivity index (χ1v) is 7.18. The number of ether oxygens (including phenoxy) is 3. The maximum absolute atomic E-state index is 12.0. The summed E-state index contributed by atoms with van der Waals surface area (Å²) in [6.07, 6.45) is 0. The summed E-state index contributed by atoms with van der Waals surface area (Å²) in [5, 5.41) is 13.4. The van der Waals surface area contributed by atoms with Crippen molar-refractivity contribution in [3.63, 3.8) is 0 Å². The third kappa shape index (κ3) is 3.54. The van der Waals surface area contributed by atoms with Crippen molar-refractivity contribution >= 4 is 11.6 Å². The van der Waals surface area contributed by atoms with Gasteiger partial charge >= 0.3 is 0 Å². The number of nitro benzene ring substituents is 1. The fraction of sp³-hybridized carbons (Fsp3) is 0.188. The fourth-order valence-electron chi connectivity index (χ4n) is 2.16. The average molecular weight is 330 g/mol. The molecule has 1 heterocycles. The standard InChI is InChI=1S/C16H14N2O6/c19-16(11-2-1-3-12(8-11)18(20)21)17-6-7-22-13-4-5-14-15(9-13)24-10-23-14/h1-5,8-9H,6-7,10H2,(H,17,19). The predicted octanol–water partition coefficient (Wildman–Crippen LogP) is 2.13. The summed E-state index contributed by atoms with van der Waals surface area (Å²) in [7, 11) is 0. The van der Waals surface area contributed by atoms with Crippen molar-refractivity contribution in [1.82, 2.24) is 5.32 Å². The van der Waals surface area contributed by atoms with E-state index >= 15 is 0 Å². The van der Waals surface area contributed by atoms with Crippen molar-refractivity contribution in [2.75, 3.05) is 19.9 Å². The summed E-state index contributed by atoms with van der Waals surface area (Å²) >= 11 is 0. The average Bonchev–Trinajstić information content (AvgIpc) is 3.06. The number of fused-ring (bicyclic) bond motifs is 1. The van der Waals surface area contributed by atoms with E-state index in [1.54, 1.807) is 18.2 Å². The first-order chi connectivity index (χ1) is 11.6. The second-order valence-electron chi connectivity index (χ2n) is 4.93. The Morgan fingerprint density at radius 2 is 2.04 bits per heavy atom. The molecule has 0 fully saturated rings. The molecule has 0 aliphatic carbocycles. The summed E-state index contributed by atoms with van der Waals surface area (Å²) in [6.45, 7) is 0.703. The summed E-state index contributed by atoms with van der Waals surface area (Å²) in [6, 6.07) is 10.8. The molecule has 1 N–H and O–H groups in total. The third-order valence-electron chi connectivity index (χ3n) is 3.32. The van der Waals surface area contributed by atoms with Crippen LogP contribution < -0.4 is 19.5 Å². The molecule has 24 heavy (non-hydrogen) atoms. The van der Waals surface area contributed by atoms with Gasteiger partial charge in [0.1, 0.15) is 12.4 Å². The normalized spacial score (nSPS) is 11.8. The minimum Gasteiger partial charge on any atom is -0.492 e. The van der Waals surface area contributed by atoms with Crippen LogP contribution in [0, 0.1) is 10.1 Å². The van der Waals surface area contributed by atoms with Crippen LogP contribution >= 0.6 is 0 Å². The lowest BCUT2D eigenvalue weighted by molar-refractivity contribution is -0.384. The number of non-ortho nitro benzene ring substituents is 1. The number of nitrogens with zero attached hydrogens (tertiary/aromatic N) is 1. The summed E-state index contributed by atoms with van der Waals surface area (Å²) in [5.74, 6) is 1.49. The van der Waals surface area contributed by atoms with Gasteiger partial charge in [-0.15, -0.1) is 0 Å². The number of rotatable bonds is 6. The number of hydrogen-bond acceptors (Lipinski definition) is 6. The van der Waals surface area contributed by atoms with Crippen LogP contribution in [0.2, 0.25) is 0 Å². The van der Waals surface area contributed by atoms with Gasteiger partial charge in [0.15, 0.2) is 11.5 Å². The zero-order chi connectivity index (χ0) is 16.9. The lowest BCUT2D eigenvalue weighted by atomic mass is 10.2. The predicted molar refractivity (Wildman–Crippen MR) is 83.5 cm³/mol. The quantitative estimate of drug-likeness (QED) is 0.495. The van der Waals surface area contributed by atoms with E-state index < -0.39 is 10.8 Å². The van der Waals surface area contributed by atoms with Crippen LogP contribution in [0.15, 0.2) is 42.5 Å². The van der Waals surface area contributed by atoms with E-state index in [0.717, 1.165) is 0 Å². The van der Waals surface area contributed by atoms with Crippen molar-refractivity contribution in [2.45, 2.75) is 0 Å². The van der Waals surface area contributed by atoms with Crippen molar-refractivity contribution in [2.24, 2.45) is 0 Å². The molecule has 8 heteroatoms. The number of amides is 1. The van der Waals surface area contributed by atoms with E-state index in [2.05, 4.69) is 5.32 Å². The molecule has 0 radical (unpaired) electrons. The zero-order valence-electron chi connectivity index (χ0n) is 12.6. The van der Waals surface area contributed by atoms with Crippen LogP contribution in [-0.2, 0) is 0 Å². The minimum atomic E-state index is -0.542. The number of carbonyl (C=O) groups excluding carboxylic acids is 1. The molecule has 0 unspecified atom stereocenters. The van der Waals surface area contributed by atoms with E-state index in [0.29, 0.717) is 17.2 Å². The van der Waals surface area contributed by atoms with Gasteiger partial charge in [-0.05, 0) is 18.2 Å². The smallest absolute Gasteiger partial charge is 0.270 e. The van der Waals surface area contributed by atoms with Gasteiger partial charge in [0.2, 0.25) is 6.79 Å². The number of benzene rings is 2. The van der Waals surface area contributed by atoms with E-state index in [1.165, 1.54) is 24.3 Å². The van der Waals surface area contributed by atoms with Gasteiger partial charge in [0, 0.05) is 23.8 Å². The van der Waals surface area contributed by atoms with E-state index in [-0.39, 0.29) is 31.2 Å². The molecule has 0 spiro atoms. The lowest BCUT2D eigenvalue weighted by Crippen LogP contribution is -2.28. The van der Waals surface area contributed by atoms with Crippen LogP contribution in [-0.4, -0.2) is 30.8 Å². The van der Waals surface area contributed by atoms with Gasteiger partial charge in [0.05, 0.1) is 11.5 Å².